The van der Waals surface area contributed by atoms with Gasteiger partial charge >= 0.3 is 0 Å². The number of fused-ring (bicyclic) bond motifs is 1. The van der Waals surface area contributed by atoms with Crippen LogP contribution >= 0.6 is 0 Å². The summed E-state index contributed by atoms with van der Waals surface area (Å²) in [4.78, 5) is 8.77. The van der Waals surface area contributed by atoms with E-state index in [1.807, 2.05) is 22.9 Å². The lowest BCUT2D eigenvalue weighted by Crippen LogP contribution is -2.29. The van der Waals surface area contributed by atoms with Gasteiger partial charge in [-0.2, -0.15) is 4.98 Å². The Kier molecular flexibility index (Phi) is 2.31. The molecule has 0 radical (unpaired) electrons. The molecule has 2 atom stereocenters. The fraction of sp³-hybridized carbons (Fsp3) is 0.417. The number of rotatable bonds is 1. The van der Waals surface area contributed by atoms with Gasteiger partial charge in [0.2, 0.25) is 11.8 Å². The van der Waals surface area contributed by atoms with Crippen LogP contribution in [0.1, 0.15) is 26.3 Å². The predicted molar refractivity (Wildman–Crippen MR) is 65.7 cm³/mol. The van der Waals surface area contributed by atoms with E-state index in [0.29, 0.717) is 17.9 Å². The number of anilines is 1. The fourth-order valence-electron chi connectivity index (χ4n) is 2.22. The van der Waals surface area contributed by atoms with Crippen molar-refractivity contribution in [1.29, 1.82) is 0 Å². The predicted octanol–water partition coefficient (Wildman–Crippen LogP) is 2.11. The molecule has 3 rings (SSSR count). The third kappa shape index (κ3) is 1.77. The molecule has 0 fully saturated rings. The van der Waals surface area contributed by atoms with E-state index in [1.54, 1.807) is 6.20 Å². The highest BCUT2D eigenvalue weighted by molar-refractivity contribution is 5.51. The van der Waals surface area contributed by atoms with Gasteiger partial charge in [0.05, 0.1) is 6.04 Å². The van der Waals surface area contributed by atoms with E-state index in [-0.39, 0.29) is 0 Å². The second-order valence-corrected chi connectivity index (χ2v) is 4.55. The minimum absolute atomic E-state index is 0.381. The number of hydrogen-bond donors (Lipinski definition) is 1. The molecule has 5 nitrogen and oxygen atoms in total. The summed E-state index contributed by atoms with van der Waals surface area (Å²) in [5.74, 6) is 1.53. The normalized spacial score (nSPS) is 22.9. The highest BCUT2D eigenvalue weighted by atomic mass is 15.4. The lowest BCUT2D eigenvalue weighted by Gasteiger charge is -2.26. The van der Waals surface area contributed by atoms with Crippen molar-refractivity contribution in [2.24, 2.45) is 0 Å². The molecule has 17 heavy (non-hydrogen) atoms. The molecule has 1 aliphatic rings. The van der Waals surface area contributed by atoms with Crippen molar-refractivity contribution in [3.8, 4) is 11.5 Å². The van der Waals surface area contributed by atoms with Crippen LogP contribution in [0.25, 0.3) is 11.5 Å². The van der Waals surface area contributed by atoms with Gasteiger partial charge in [0, 0.05) is 12.2 Å². The minimum atomic E-state index is 0.381. The summed E-state index contributed by atoms with van der Waals surface area (Å²) in [6.45, 7) is 4.33. The van der Waals surface area contributed by atoms with Crippen LogP contribution in [0.3, 0.4) is 0 Å². The topological polar surface area (TPSA) is 55.6 Å². The van der Waals surface area contributed by atoms with Crippen molar-refractivity contribution < 1.29 is 0 Å². The van der Waals surface area contributed by atoms with Crippen LogP contribution in [0.4, 0.5) is 5.95 Å². The molecule has 2 aromatic heterocycles. The zero-order valence-electron chi connectivity index (χ0n) is 9.96. The second kappa shape index (κ2) is 3.84. The molecule has 88 valence electrons. The highest BCUT2D eigenvalue weighted by Gasteiger charge is 2.24. The van der Waals surface area contributed by atoms with E-state index < -0.39 is 0 Å². The molecule has 5 heteroatoms. The minimum Gasteiger partial charge on any atom is -0.352 e. The van der Waals surface area contributed by atoms with Crippen LogP contribution in [0.5, 0.6) is 0 Å². The van der Waals surface area contributed by atoms with E-state index in [0.717, 1.165) is 18.1 Å². The molecule has 0 saturated heterocycles. The third-order valence-electron chi connectivity index (χ3n) is 3.01. The zero-order valence-corrected chi connectivity index (χ0v) is 9.96. The lowest BCUT2D eigenvalue weighted by molar-refractivity contribution is 0.412. The fourth-order valence-corrected chi connectivity index (χ4v) is 2.22. The van der Waals surface area contributed by atoms with Gasteiger partial charge in [-0.05, 0) is 32.4 Å². The van der Waals surface area contributed by atoms with Gasteiger partial charge in [0.15, 0.2) is 0 Å². The molecule has 0 aliphatic carbocycles. The Morgan fingerprint density at radius 1 is 1.35 bits per heavy atom. The first-order valence-electron chi connectivity index (χ1n) is 5.88. The number of aromatic nitrogens is 4. The smallest absolute Gasteiger partial charge is 0.222 e. The standard InChI is InChI=1S/C12H15N5/c1-8-7-9(2)17-12(14-8)15-11(16-17)10-5-3-4-6-13-10/h3-6,8-9H,7H2,1-2H3,(H,14,15,16). The zero-order chi connectivity index (χ0) is 11.8. The van der Waals surface area contributed by atoms with Crippen molar-refractivity contribution >= 4 is 5.95 Å². The van der Waals surface area contributed by atoms with Crippen LogP contribution in [-0.4, -0.2) is 25.8 Å². The van der Waals surface area contributed by atoms with Crippen molar-refractivity contribution in [1.82, 2.24) is 19.7 Å². The summed E-state index contributed by atoms with van der Waals surface area (Å²) in [5.41, 5.74) is 0.816. The Morgan fingerprint density at radius 2 is 2.24 bits per heavy atom. The Balaban J connectivity index is 2.03. The Morgan fingerprint density at radius 3 is 3.00 bits per heavy atom. The van der Waals surface area contributed by atoms with E-state index in [4.69, 9.17) is 0 Å². The van der Waals surface area contributed by atoms with Gasteiger partial charge in [-0.3, -0.25) is 4.98 Å². The molecular weight excluding hydrogens is 214 g/mol. The maximum atomic E-state index is 4.52. The van der Waals surface area contributed by atoms with Crippen molar-refractivity contribution in [2.75, 3.05) is 5.32 Å². The second-order valence-electron chi connectivity index (χ2n) is 4.55. The molecular formula is C12H15N5. The molecule has 1 aliphatic heterocycles. The molecule has 0 aromatic carbocycles. The Labute approximate surface area is 99.9 Å². The first kappa shape index (κ1) is 10.3. The SMILES string of the molecule is CC1CC(C)n2nc(-c3ccccn3)nc2N1. The first-order chi connectivity index (χ1) is 8.24. The Bertz CT molecular complexity index is 519. The average molecular weight is 229 g/mol. The summed E-state index contributed by atoms with van der Waals surface area (Å²) in [5, 5.41) is 7.86. The molecule has 1 N–H and O–H groups in total. The van der Waals surface area contributed by atoms with Crippen molar-refractivity contribution in [2.45, 2.75) is 32.4 Å². The van der Waals surface area contributed by atoms with Crippen LogP contribution < -0.4 is 5.32 Å². The maximum absolute atomic E-state index is 4.52. The van der Waals surface area contributed by atoms with E-state index in [9.17, 15) is 0 Å². The van der Waals surface area contributed by atoms with E-state index in [1.165, 1.54) is 0 Å². The third-order valence-corrected chi connectivity index (χ3v) is 3.01. The van der Waals surface area contributed by atoms with Gasteiger partial charge in [-0.15, -0.1) is 5.10 Å². The number of hydrogen-bond acceptors (Lipinski definition) is 4. The first-order valence-corrected chi connectivity index (χ1v) is 5.88. The van der Waals surface area contributed by atoms with Crippen LogP contribution in [0.2, 0.25) is 0 Å². The van der Waals surface area contributed by atoms with Crippen LogP contribution in [-0.2, 0) is 0 Å². The van der Waals surface area contributed by atoms with Crippen molar-refractivity contribution in [3.05, 3.63) is 24.4 Å². The summed E-state index contributed by atoms with van der Waals surface area (Å²) in [6, 6.07) is 6.59. The van der Waals surface area contributed by atoms with Gasteiger partial charge in [0.25, 0.3) is 0 Å². The van der Waals surface area contributed by atoms with Gasteiger partial charge < -0.3 is 5.32 Å². The van der Waals surface area contributed by atoms with Gasteiger partial charge in [-0.1, -0.05) is 6.07 Å². The largest absolute Gasteiger partial charge is 0.352 e. The molecule has 0 amide bonds. The van der Waals surface area contributed by atoms with Crippen LogP contribution in [0, 0.1) is 0 Å². The highest BCUT2D eigenvalue weighted by Crippen LogP contribution is 2.26. The molecule has 0 bridgehead atoms. The Hall–Kier alpha value is -1.91. The summed E-state index contributed by atoms with van der Waals surface area (Å²) < 4.78 is 1.95. The summed E-state index contributed by atoms with van der Waals surface area (Å²) >= 11 is 0. The van der Waals surface area contributed by atoms with Crippen molar-refractivity contribution in [3.63, 3.8) is 0 Å². The van der Waals surface area contributed by atoms with Gasteiger partial charge in [0.1, 0.15) is 5.69 Å². The molecule has 0 saturated carbocycles. The number of nitrogens with one attached hydrogen (secondary N) is 1. The maximum Gasteiger partial charge on any atom is 0.222 e. The quantitative estimate of drug-likeness (QED) is 0.813. The summed E-state index contributed by atoms with van der Waals surface area (Å²) in [7, 11) is 0. The van der Waals surface area contributed by atoms with E-state index >= 15 is 0 Å². The van der Waals surface area contributed by atoms with Gasteiger partial charge in [-0.25, -0.2) is 4.68 Å². The summed E-state index contributed by atoms with van der Waals surface area (Å²) in [6.07, 6.45) is 2.83. The van der Waals surface area contributed by atoms with E-state index in [2.05, 4.69) is 34.2 Å². The molecule has 2 aromatic rings. The lowest BCUT2D eigenvalue weighted by atomic mass is 10.1. The monoisotopic (exact) mass is 229 g/mol. The number of pyridine rings is 1. The molecule has 3 heterocycles. The molecule has 0 spiro atoms. The number of nitrogens with zero attached hydrogens (tertiary/aromatic N) is 4. The van der Waals surface area contributed by atoms with Crippen LogP contribution in [0.15, 0.2) is 24.4 Å². The molecule has 2 unspecified atom stereocenters. The average Bonchev–Trinajstić information content (AvgIpc) is 2.74.